The Morgan fingerprint density at radius 2 is 1.38 bits per heavy atom. The molecule has 0 heterocycles. The summed E-state index contributed by atoms with van der Waals surface area (Å²) in [5.41, 5.74) is 6.66. The molecule has 304 valence electrons. The largest absolute Gasteiger partial charge is 0.505 e. The zero-order valence-electron chi connectivity index (χ0n) is 33.1. The molecule has 0 aliphatic carbocycles. The number of hydrogen-bond donors (Lipinski definition) is 4. The maximum absolute atomic E-state index is 13.2. The van der Waals surface area contributed by atoms with Crippen LogP contribution in [-0.2, 0) is 10.1 Å². The van der Waals surface area contributed by atoms with E-state index in [9.17, 15) is 18.3 Å². The third-order valence-corrected chi connectivity index (χ3v) is 10.5. The number of methoxy groups -OCH3 is 1. The van der Waals surface area contributed by atoms with E-state index in [-0.39, 0.29) is 30.4 Å². The van der Waals surface area contributed by atoms with Crippen molar-refractivity contribution in [1.82, 2.24) is 0 Å². The third-order valence-electron chi connectivity index (χ3n) is 9.65. The van der Waals surface area contributed by atoms with Crippen LogP contribution in [0.2, 0.25) is 0 Å². The van der Waals surface area contributed by atoms with Gasteiger partial charge in [-0.25, -0.2) is 0 Å². The fourth-order valence-electron chi connectivity index (χ4n) is 6.57. The first-order valence-corrected chi connectivity index (χ1v) is 20.7. The van der Waals surface area contributed by atoms with Crippen molar-refractivity contribution in [1.29, 1.82) is 0 Å². The number of hydrogen-bond acceptors (Lipinski definition) is 11. The molecule has 1 amide bonds. The summed E-state index contributed by atoms with van der Waals surface area (Å²) in [5.74, 6) is 0.798. The van der Waals surface area contributed by atoms with Gasteiger partial charge in [-0.3, -0.25) is 9.35 Å². The Balaban J connectivity index is 0.967. The van der Waals surface area contributed by atoms with Gasteiger partial charge < -0.3 is 25.2 Å². The van der Waals surface area contributed by atoms with Crippen LogP contribution in [-0.4, -0.2) is 43.5 Å². The summed E-state index contributed by atoms with van der Waals surface area (Å²) in [4.78, 5) is 13.2. The number of ether oxygens (including phenoxy) is 2. The van der Waals surface area contributed by atoms with E-state index in [1.54, 1.807) is 37.4 Å². The van der Waals surface area contributed by atoms with Crippen LogP contribution in [0.5, 0.6) is 17.2 Å². The predicted octanol–water partition coefficient (Wildman–Crippen LogP) is 12.2. The van der Waals surface area contributed by atoms with Crippen LogP contribution in [0, 0.1) is 13.8 Å². The minimum absolute atomic E-state index is 0.0370. The fourth-order valence-corrected chi connectivity index (χ4v) is 7.14. The Labute approximate surface area is 347 Å². The number of carbonyl (C=O) groups excluding carboxylic acids is 1. The highest BCUT2D eigenvalue weighted by molar-refractivity contribution is 7.85. The molecule has 14 heteroatoms. The number of amides is 1. The minimum atomic E-state index is -4.01. The van der Waals surface area contributed by atoms with Crippen molar-refractivity contribution in [3.8, 4) is 17.2 Å². The van der Waals surface area contributed by atoms with Crippen molar-refractivity contribution >= 4 is 77.4 Å². The zero-order chi connectivity index (χ0) is 42.2. The molecule has 7 aromatic rings. The second kappa shape index (κ2) is 18.2. The molecule has 0 bridgehead atoms. The van der Waals surface area contributed by atoms with E-state index in [1.165, 1.54) is 0 Å². The smallest absolute Gasteiger partial charge is 0.264 e. The van der Waals surface area contributed by atoms with Crippen LogP contribution in [0.15, 0.2) is 148 Å². The van der Waals surface area contributed by atoms with E-state index in [4.69, 9.17) is 14.0 Å². The number of benzene rings is 7. The molecule has 13 nitrogen and oxygen atoms in total. The van der Waals surface area contributed by atoms with E-state index in [1.807, 2.05) is 111 Å². The Kier molecular flexibility index (Phi) is 12.4. The van der Waals surface area contributed by atoms with Gasteiger partial charge in [0.2, 0.25) is 0 Å². The SMILES string of the molecule is COc1ccc(Nc2ccc3c(O)c(N=Nc4cc(C)c(N=Nc5ccc(C(=O)Nc6ccc7cccc(OCCCCS(=O)(=O)O)c7c6)cc5)c(C)c4)ccc3c2)cc1. The molecular formula is C46H42N6O7S. The topological polar surface area (TPSA) is 184 Å². The number of unbranched alkanes of at least 4 members (excludes halogenated alkanes) is 1. The third kappa shape index (κ3) is 10.3. The van der Waals surface area contributed by atoms with Crippen molar-refractivity contribution in [2.45, 2.75) is 26.7 Å². The molecule has 0 spiro atoms. The number of nitrogens with one attached hydrogen (secondary N) is 2. The van der Waals surface area contributed by atoms with Crippen molar-refractivity contribution in [2.75, 3.05) is 30.1 Å². The first kappa shape index (κ1) is 41.0. The van der Waals surface area contributed by atoms with Crippen LogP contribution in [0.4, 0.5) is 39.8 Å². The summed E-state index contributed by atoms with van der Waals surface area (Å²) in [6.45, 7) is 4.10. The maximum atomic E-state index is 13.2. The summed E-state index contributed by atoms with van der Waals surface area (Å²) in [7, 11) is -2.38. The molecule has 0 aliphatic heterocycles. The average molecular weight is 823 g/mol. The van der Waals surface area contributed by atoms with E-state index in [2.05, 4.69) is 31.1 Å². The van der Waals surface area contributed by atoms with Gasteiger partial charge in [-0.15, -0.1) is 5.11 Å². The minimum Gasteiger partial charge on any atom is -0.505 e. The number of azo groups is 2. The molecule has 0 aromatic heterocycles. The Morgan fingerprint density at radius 1 is 0.683 bits per heavy atom. The lowest BCUT2D eigenvalue weighted by Gasteiger charge is -2.11. The zero-order valence-corrected chi connectivity index (χ0v) is 33.9. The summed E-state index contributed by atoms with van der Waals surface area (Å²) < 4.78 is 42.0. The first-order valence-electron chi connectivity index (χ1n) is 19.1. The Morgan fingerprint density at radius 3 is 2.12 bits per heavy atom. The van der Waals surface area contributed by atoms with Crippen molar-refractivity contribution in [3.63, 3.8) is 0 Å². The van der Waals surface area contributed by atoms with Crippen molar-refractivity contribution in [3.05, 3.63) is 144 Å². The van der Waals surface area contributed by atoms with Crippen LogP contribution in [0.25, 0.3) is 21.5 Å². The average Bonchev–Trinajstić information content (AvgIpc) is 3.23. The second-order valence-electron chi connectivity index (χ2n) is 14.1. The maximum Gasteiger partial charge on any atom is 0.264 e. The number of phenolic OH excluding ortho intramolecular Hbond substituents is 1. The number of carbonyl (C=O) groups is 1. The molecule has 0 atom stereocenters. The van der Waals surface area contributed by atoms with E-state index in [0.717, 1.165) is 44.4 Å². The quantitative estimate of drug-likeness (QED) is 0.0447. The Hall–Kier alpha value is -7.16. The molecule has 0 saturated carbocycles. The number of fused-ring (bicyclic) bond motifs is 2. The highest BCUT2D eigenvalue weighted by atomic mass is 32.2. The normalized spacial score (nSPS) is 11.7. The summed E-state index contributed by atoms with van der Waals surface area (Å²) >= 11 is 0. The lowest BCUT2D eigenvalue weighted by atomic mass is 10.1. The van der Waals surface area contributed by atoms with Crippen molar-refractivity contribution in [2.24, 2.45) is 20.5 Å². The highest BCUT2D eigenvalue weighted by Gasteiger charge is 2.12. The van der Waals surface area contributed by atoms with Crippen LogP contribution >= 0.6 is 0 Å². The molecule has 0 aliphatic rings. The number of aromatic hydroxyl groups is 1. The molecule has 7 aromatic carbocycles. The lowest BCUT2D eigenvalue weighted by Crippen LogP contribution is -2.11. The van der Waals surface area contributed by atoms with Gasteiger partial charge in [-0.1, -0.05) is 24.3 Å². The predicted molar refractivity (Wildman–Crippen MR) is 236 cm³/mol. The van der Waals surface area contributed by atoms with Gasteiger partial charge in [0.25, 0.3) is 16.0 Å². The van der Waals surface area contributed by atoms with Gasteiger partial charge in [-0.05, 0) is 152 Å². The number of nitrogens with zero attached hydrogens (tertiary/aromatic N) is 4. The fraction of sp³-hybridized carbons (Fsp3) is 0.152. The Bertz CT molecular complexity index is 2840. The monoisotopic (exact) mass is 822 g/mol. The molecule has 7 rings (SSSR count). The lowest BCUT2D eigenvalue weighted by molar-refractivity contribution is 0.102. The number of rotatable bonds is 15. The summed E-state index contributed by atoms with van der Waals surface area (Å²) in [6, 6.07) is 38.6. The van der Waals surface area contributed by atoms with Gasteiger partial charge in [0.1, 0.15) is 17.2 Å². The number of anilines is 3. The van der Waals surface area contributed by atoms with Gasteiger partial charge in [0.05, 0.1) is 36.5 Å². The van der Waals surface area contributed by atoms with Crippen LogP contribution in [0.1, 0.15) is 34.3 Å². The van der Waals surface area contributed by atoms with E-state index < -0.39 is 10.1 Å². The highest BCUT2D eigenvalue weighted by Crippen LogP contribution is 2.38. The molecule has 60 heavy (non-hydrogen) atoms. The molecule has 0 radical (unpaired) electrons. The number of phenols is 1. The molecular weight excluding hydrogens is 781 g/mol. The van der Waals surface area contributed by atoms with Crippen molar-refractivity contribution < 1.29 is 32.3 Å². The molecule has 0 unspecified atom stereocenters. The van der Waals surface area contributed by atoms with Gasteiger partial charge in [-0.2, -0.15) is 23.8 Å². The van der Waals surface area contributed by atoms with Crippen LogP contribution < -0.4 is 20.1 Å². The summed E-state index contributed by atoms with van der Waals surface area (Å²) in [6.07, 6.45) is 0.732. The first-order chi connectivity index (χ1) is 28.9. The van der Waals surface area contributed by atoms with Crippen LogP contribution in [0.3, 0.4) is 0 Å². The number of aryl methyl sites for hydroxylation is 2. The van der Waals surface area contributed by atoms with Gasteiger partial charge >= 0.3 is 0 Å². The summed E-state index contributed by atoms with van der Waals surface area (Å²) in [5, 5.41) is 38.2. The molecule has 0 saturated heterocycles. The molecule has 4 N–H and O–H groups in total. The second-order valence-corrected chi connectivity index (χ2v) is 15.7. The van der Waals surface area contributed by atoms with E-state index >= 15 is 0 Å². The standard InChI is InChI=1S/C46H42N6O7S/c1-29-25-38(50-51-42-22-12-33-27-36(18-21-40(33)45(42)53)47-34-16-19-39(58-3)20-17-34)26-30(2)44(29)52-49-35-13-10-32(11-14-35)46(54)48-37-15-9-31-7-6-8-43(41(31)28-37)59-23-4-5-24-60(55,56)57/h6-22,25-28,47,53H,4-5,23-24H2,1-3H3,(H,48,54)(H,55,56,57). The van der Waals surface area contributed by atoms with Gasteiger partial charge in [0, 0.05) is 33.4 Å². The van der Waals surface area contributed by atoms with E-state index in [0.29, 0.717) is 51.6 Å². The van der Waals surface area contributed by atoms with Gasteiger partial charge in [0.15, 0.2) is 5.75 Å². The molecule has 0 fully saturated rings.